The number of benzene rings is 1. The molecule has 23 heavy (non-hydrogen) atoms. The van der Waals surface area contributed by atoms with Crippen LogP contribution in [0.2, 0.25) is 0 Å². The number of rotatable bonds is 4. The highest BCUT2D eigenvalue weighted by Gasteiger charge is 2.21. The van der Waals surface area contributed by atoms with E-state index in [-0.39, 0.29) is 17.4 Å². The number of pyridine rings is 1. The lowest BCUT2D eigenvalue weighted by atomic mass is 9.88. The van der Waals surface area contributed by atoms with E-state index in [1.165, 1.54) is 6.42 Å². The van der Waals surface area contributed by atoms with E-state index in [0.29, 0.717) is 0 Å². The quantitative estimate of drug-likeness (QED) is 0.896. The van der Waals surface area contributed by atoms with Gasteiger partial charge in [0, 0.05) is 23.1 Å². The van der Waals surface area contributed by atoms with Crippen LogP contribution in [-0.2, 0) is 11.2 Å². The van der Waals surface area contributed by atoms with E-state index in [1.807, 2.05) is 18.2 Å². The number of carbonyl (C=O) groups is 1. The summed E-state index contributed by atoms with van der Waals surface area (Å²) in [6.45, 7) is 2.10. The predicted molar refractivity (Wildman–Crippen MR) is 93.8 cm³/mol. The van der Waals surface area contributed by atoms with E-state index in [4.69, 9.17) is 0 Å². The Morgan fingerprint density at radius 1 is 1.22 bits per heavy atom. The van der Waals surface area contributed by atoms with Crippen LogP contribution in [0.1, 0.15) is 51.0 Å². The van der Waals surface area contributed by atoms with Crippen LogP contribution in [0.25, 0.3) is 10.9 Å². The van der Waals surface area contributed by atoms with Crippen molar-refractivity contribution in [2.24, 2.45) is 5.92 Å². The summed E-state index contributed by atoms with van der Waals surface area (Å²) in [6, 6.07) is 7.47. The van der Waals surface area contributed by atoms with E-state index in [0.717, 1.165) is 60.7 Å². The molecule has 0 radical (unpaired) electrons. The van der Waals surface area contributed by atoms with Gasteiger partial charge in [0.25, 0.3) is 0 Å². The molecule has 1 fully saturated rings. The van der Waals surface area contributed by atoms with Gasteiger partial charge in [-0.05, 0) is 37.0 Å². The van der Waals surface area contributed by atoms with Gasteiger partial charge in [-0.25, -0.2) is 0 Å². The Morgan fingerprint density at radius 3 is 2.74 bits per heavy atom. The maximum absolute atomic E-state index is 12.4. The van der Waals surface area contributed by atoms with Crippen molar-refractivity contribution in [1.29, 1.82) is 0 Å². The van der Waals surface area contributed by atoms with Crippen LogP contribution >= 0.6 is 0 Å². The lowest BCUT2D eigenvalue weighted by Gasteiger charge is -2.20. The molecule has 1 saturated carbocycles. The van der Waals surface area contributed by atoms with E-state index in [1.54, 1.807) is 6.07 Å². The van der Waals surface area contributed by atoms with Crippen LogP contribution < -0.4 is 10.9 Å². The fourth-order valence-corrected chi connectivity index (χ4v) is 3.50. The molecule has 1 amide bonds. The molecule has 1 heterocycles. The van der Waals surface area contributed by atoms with Gasteiger partial charge < -0.3 is 10.3 Å². The number of aromatic amines is 1. The molecule has 2 aromatic rings. The molecule has 2 N–H and O–H groups in total. The zero-order chi connectivity index (χ0) is 16.2. The van der Waals surface area contributed by atoms with Crippen molar-refractivity contribution in [3.63, 3.8) is 0 Å². The molecule has 0 spiro atoms. The average Bonchev–Trinajstić information content (AvgIpc) is 2.55. The first-order chi connectivity index (χ1) is 11.2. The zero-order valence-corrected chi connectivity index (χ0v) is 13.7. The van der Waals surface area contributed by atoms with Gasteiger partial charge in [-0.1, -0.05) is 38.7 Å². The summed E-state index contributed by atoms with van der Waals surface area (Å²) in [4.78, 5) is 27.0. The van der Waals surface area contributed by atoms with Crippen molar-refractivity contribution in [1.82, 2.24) is 4.98 Å². The number of amides is 1. The van der Waals surface area contributed by atoms with E-state index >= 15 is 0 Å². The smallest absolute Gasteiger partial charge is 0.248 e. The predicted octanol–water partition coefficient (Wildman–Crippen LogP) is 4.00. The van der Waals surface area contributed by atoms with Gasteiger partial charge in [0.05, 0.1) is 5.52 Å². The minimum Gasteiger partial charge on any atom is -0.326 e. The van der Waals surface area contributed by atoms with Gasteiger partial charge >= 0.3 is 0 Å². The first kappa shape index (κ1) is 15.8. The second kappa shape index (κ2) is 6.99. The highest BCUT2D eigenvalue weighted by molar-refractivity contribution is 5.95. The SMILES string of the molecule is CCCc1cc(=O)[nH]c2cc(NC(=O)C3CCCCC3)ccc12. The number of fused-ring (bicyclic) bond motifs is 1. The van der Waals surface area contributed by atoms with Crippen molar-refractivity contribution >= 4 is 22.5 Å². The number of carbonyl (C=O) groups excluding carboxylic acids is 1. The molecule has 1 aliphatic carbocycles. The molecule has 0 aliphatic heterocycles. The first-order valence-electron chi connectivity index (χ1n) is 8.64. The Labute approximate surface area is 136 Å². The van der Waals surface area contributed by atoms with Gasteiger partial charge in [-0.2, -0.15) is 0 Å². The third-order valence-electron chi connectivity index (χ3n) is 4.69. The topological polar surface area (TPSA) is 62.0 Å². The number of nitrogens with one attached hydrogen (secondary N) is 2. The van der Waals surface area contributed by atoms with Crippen molar-refractivity contribution < 1.29 is 4.79 Å². The Bertz CT molecular complexity index is 758. The number of H-pyrrole nitrogens is 1. The van der Waals surface area contributed by atoms with Crippen LogP contribution in [0.4, 0.5) is 5.69 Å². The van der Waals surface area contributed by atoms with Crippen molar-refractivity contribution in [3.8, 4) is 0 Å². The fraction of sp³-hybridized carbons (Fsp3) is 0.474. The molecular formula is C19H24N2O2. The van der Waals surface area contributed by atoms with Gasteiger partial charge in [0.1, 0.15) is 0 Å². The third-order valence-corrected chi connectivity index (χ3v) is 4.69. The molecule has 122 valence electrons. The summed E-state index contributed by atoms with van der Waals surface area (Å²) < 4.78 is 0. The first-order valence-corrected chi connectivity index (χ1v) is 8.64. The average molecular weight is 312 g/mol. The molecule has 4 heteroatoms. The normalized spacial score (nSPS) is 15.7. The molecule has 4 nitrogen and oxygen atoms in total. The maximum Gasteiger partial charge on any atom is 0.248 e. The highest BCUT2D eigenvalue weighted by Crippen LogP contribution is 2.26. The van der Waals surface area contributed by atoms with Crippen LogP contribution in [0.15, 0.2) is 29.1 Å². The summed E-state index contributed by atoms with van der Waals surface area (Å²) in [6.07, 6.45) is 7.37. The monoisotopic (exact) mass is 312 g/mol. The number of hydrogen-bond donors (Lipinski definition) is 2. The lowest BCUT2D eigenvalue weighted by Crippen LogP contribution is -2.24. The molecule has 1 aromatic heterocycles. The highest BCUT2D eigenvalue weighted by atomic mass is 16.2. The summed E-state index contributed by atoms with van der Waals surface area (Å²) in [7, 11) is 0. The second-order valence-electron chi connectivity index (χ2n) is 6.49. The molecule has 1 aromatic carbocycles. The summed E-state index contributed by atoms with van der Waals surface area (Å²) in [5.41, 5.74) is 2.54. The molecule has 1 aliphatic rings. The van der Waals surface area contributed by atoms with Crippen LogP contribution in [0, 0.1) is 5.92 Å². The van der Waals surface area contributed by atoms with Crippen molar-refractivity contribution in [2.75, 3.05) is 5.32 Å². The van der Waals surface area contributed by atoms with Crippen molar-refractivity contribution in [2.45, 2.75) is 51.9 Å². The summed E-state index contributed by atoms with van der Waals surface area (Å²) in [5, 5.41) is 4.07. The number of anilines is 1. The summed E-state index contributed by atoms with van der Waals surface area (Å²) in [5.74, 6) is 0.237. The van der Waals surface area contributed by atoms with Gasteiger partial charge in [-0.15, -0.1) is 0 Å². The standard InChI is InChI=1S/C19H24N2O2/c1-2-6-14-11-18(22)21-17-12-15(9-10-16(14)17)20-19(23)13-7-4-3-5-8-13/h9-13H,2-8H2,1H3,(H,20,23)(H,21,22). The Morgan fingerprint density at radius 2 is 2.00 bits per heavy atom. The molecule has 0 saturated heterocycles. The lowest BCUT2D eigenvalue weighted by molar-refractivity contribution is -0.120. The van der Waals surface area contributed by atoms with Crippen molar-refractivity contribution in [3.05, 3.63) is 40.2 Å². The van der Waals surface area contributed by atoms with Crippen LogP contribution in [0.3, 0.4) is 0 Å². The van der Waals surface area contributed by atoms with Gasteiger partial charge in [0.2, 0.25) is 11.5 Å². The second-order valence-corrected chi connectivity index (χ2v) is 6.49. The van der Waals surface area contributed by atoms with E-state index in [9.17, 15) is 9.59 Å². The van der Waals surface area contributed by atoms with E-state index in [2.05, 4.69) is 17.2 Å². The van der Waals surface area contributed by atoms with Crippen LogP contribution in [-0.4, -0.2) is 10.9 Å². The molecule has 0 unspecified atom stereocenters. The largest absolute Gasteiger partial charge is 0.326 e. The minimum atomic E-state index is -0.0864. The van der Waals surface area contributed by atoms with Gasteiger partial charge in [-0.3, -0.25) is 9.59 Å². The number of aryl methyl sites for hydroxylation is 1. The molecule has 3 rings (SSSR count). The molecule has 0 bridgehead atoms. The maximum atomic E-state index is 12.4. The Balaban J connectivity index is 1.85. The van der Waals surface area contributed by atoms with E-state index < -0.39 is 0 Å². The van der Waals surface area contributed by atoms with Gasteiger partial charge in [0.15, 0.2) is 0 Å². The molecule has 0 atom stereocenters. The zero-order valence-electron chi connectivity index (χ0n) is 13.7. The number of aromatic nitrogens is 1. The fourth-order valence-electron chi connectivity index (χ4n) is 3.50. The Kier molecular flexibility index (Phi) is 4.79. The number of hydrogen-bond acceptors (Lipinski definition) is 2. The third kappa shape index (κ3) is 3.63. The Hall–Kier alpha value is -2.10. The van der Waals surface area contributed by atoms with Crippen LogP contribution in [0.5, 0.6) is 0 Å². The molecular weight excluding hydrogens is 288 g/mol. The minimum absolute atomic E-state index is 0.0864. The summed E-state index contributed by atoms with van der Waals surface area (Å²) >= 11 is 0.